The van der Waals surface area contributed by atoms with Crippen LogP contribution in [0.4, 0.5) is 0 Å². The number of hydrogen-bond donors (Lipinski definition) is 1. The highest BCUT2D eigenvalue weighted by Crippen LogP contribution is 2.25. The van der Waals surface area contributed by atoms with Gasteiger partial charge in [0.1, 0.15) is 24.7 Å². The van der Waals surface area contributed by atoms with Gasteiger partial charge in [-0.05, 0) is 61.7 Å². The third kappa shape index (κ3) is 5.00. The first-order valence-electron chi connectivity index (χ1n) is 8.24. The van der Waals surface area contributed by atoms with Crippen molar-refractivity contribution < 1.29 is 9.47 Å². The Bertz CT molecular complexity index is 638. The molecule has 0 fully saturated rings. The van der Waals surface area contributed by atoms with E-state index in [0.29, 0.717) is 13.2 Å². The van der Waals surface area contributed by atoms with E-state index in [1.54, 1.807) is 0 Å². The third-order valence-electron chi connectivity index (χ3n) is 3.95. The van der Waals surface area contributed by atoms with Crippen LogP contribution in [0.15, 0.2) is 36.4 Å². The van der Waals surface area contributed by atoms with Gasteiger partial charge in [0, 0.05) is 6.54 Å². The fourth-order valence-electron chi connectivity index (χ4n) is 2.47. The monoisotopic (exact) mass is 313 g/mol. The number of hydrogen-bond acceptors (Lipinski definition) is 3. The Morgan fingerprint density at radius 1 is 0.913 bits per heavy atom. The molecule has 0 heterocycles. The maximum Gasteiger partial charge on any atom is 0.125 e. The molecular formula is C20H27NO2. The predicted octanol–water partition coefficient (Wildman–Crippen LogP) is 4.18. The summed E-state index contributed by atoms with van der Waals surface area (Å²) in [4.78, 5) is 0. The molecule has 0 atom stereocenters. The van der Waals surface area contributed by atoms with Crippen LogP contribution in [0.5, 0.6) is 11.5 Å². The van der Waals surface area contributed by atoms with Crippen molar-refractivity contribution >= 4 is 0 Å². The Labute approximate surface area is 139 Å². The van der Waals surface area contributed by atoms with Crippen LogP contribution in [-0.4, -0.2) is 19.8 Å². The molecule has 0 bridgehead atoms. The molecule has 2 aromatic rings. The number of nitrogens with one attached hydrogen (secondary N) is 1. The number of aryl methyl sites for hydroxylation is 2. The zero-order valence-corrected chi connectivity index (χ0v) is 14.6. The third-order valence-corrected chi connectivity index (χ3v) is 3.95. The summed E-state index contributed by atoms with van der Waals surface area (Å²) in [6, 6.07) is 12.4. The van der Waals surface area contributed by atoms with Gasteiger partial charge in [-0.1, -0.05) is 31.2 Å². The van der Waals surface area contributed by atoms with Crippen molar-refractivity contribution in [3.8, 4) is 11.5 Å². The molecule has 0 spiro atoms. The maximum atomic E-state index is 5.93. The molecule has 124 valence electrons. The normalized spacial score (nSPS) is 10.6. The van der Waals surface area contributed by atoms with Crippen molar-refractivity contribution in [1.82, 2.24) is 5.32 Å². The highest BCUT2D eigenvalue weighted by Gasteiger charge is 2.06. The molecule has 2 aromatic carbocycles. The van der Waals surface area contributed by atoms with Gasteiger partial charge in [0.25, 0.3) is 0 Å². The van der Waals surface area contributed by atoms with Crippen LogP contribution < -0.4 is 14.8 Å². The quantitative estimate of drug-likeness (QED) is 0.742. The summed E-state index contributed by atoms with van der Waals surface area (Å²) in [7, 11) is 0. The van der Waals surface area contributed by atoms with Crippen LogP contribution in [0.2, 0.25) is 0 Å². The molecule has 0 amide bonds. The Morgan fingerprint density at radius 2 is 1.65 bits per heavy atom. The molecule has 3 nitrogen and oxygen atoms in total. The second kappa shape index (κ2) is 8.59. The molecule has 2 rings (SSSR count). The first kappa shape index (κ1) is 17.4. The van der Waals surface area contributed by atoms with Crippen molar-refractivity contribution in [2.75, 3.05) is 19.8 Å². The lowest BCUT2D eigenvalue weighted by Crippen LogP contribution is -2.12. The molecule has 1 N–H and O–H groups in total. The van der Waals surface area contributed by atoms with E-state index in [-0.39, 0.29) is 0 Å². The van der Waals surface area contributed by atoms with Gasteiger partial charge in [0.2, 0.25) is 0 Å². The molecule has 0 radical (unpaired) electrons. The zero-order valence-electron chi connectivity index (χ0n) is 14.6. The predicted molar refractivity (Wildman–Crippen MR) is 95.5 cm³/mol. The molecule has 0 aliphatic rings. The summed E-state index contributed by atoms with van der Waals surface area (Å²) in [6.07, 6.45) is 0. The average molecular weight is 313 g/mol. The molecule has 0 saturated carbocycles. The first-order chi connectivity index (χ1) is 11.1. The highest BCUT2D eigenvalue weighted by atomic mass is 16.5. The Kier molecular flexibility index (Phi) is 6.48. The number of rotatable bonds is 8. The van der Waals surface area contributed by atoms with Crippen LogP contribution in [0.1, 0.15) is 29.2 Å². The van der Waals surface area contributed by atoms with Crippen molar-refractivity contribution in [2.24, 2.45) is 0 Å². The van der Waals surface area contributed by atoms with E-state index in [1.807, 2.05) is 12.1 Å². The minimum atomic E-state index is 0.539. The molecule has 0 aliphatic carbocycles. The van der Waals surface area contributed by atoms with Crippen LogP contribution in [0, 0.1) is 20.8 Å². The van der Waals surface area contributed by atoms with Crippen LogP contribution in [0.25, 0.3) is 0 Å². The van der Waals surface area contributed by atoms with Crippen molar-refractivity contribution in [2.45, 2.75) is 34.2 Å². The topological polar surface area (TPSA) is 30.5 Å². The van der Waals surface area contributed by atoms with Gasteiger partial charge in [-0.2, -0.15) is 0 Å². The molecule has 0 aliphatic heterocycles. The second-order valence-corrected chi connectivity index (χ2v) is 5.78. The fraction of sp³-hybridized carbons (Fsp3) is 0.400. The van der Waals surface area contributed by atoms with E-state index in [2.05, 4.69) is 57.3 Å². The molecule has 0 unspecified atom stereocenters. The fourth-order valence-corrected chi connectivity index (χ4v) is 2.47. The Morgan fingerprint density at radius 3 is 2.43 bits per heavy atom. The first-order valence-corrected chi connectivity index (χ1v) is 8.24. The van der Waals surface area contributed by atoms with E-state index in [1.165, 1.54) is 22.3 Å². The molecule has 23 heavy (non-hydrogen) atoms. The zero-order chi connectivity index (χ0) is 16.7. The van der Waals surface area contributed by atoms with E-state index in [0.717, 1.165) is 24.6 Å². The van der Waals surface area contributed by atoms with E-state index < -0.39 is 0 Å². The lowest BCUT2D eigenvalue weighted by Gasteiger charge is -2.14. The summed E-state index contributed by atoms with van der Waals surface area (Å²) >= 11 is 0. The van der Waals surface area contributed by atoms with Gasteiger partial charge < -0.3 is 14.8 Å². The molecule has 0 saturated heterocycles. The number of ether oxygens (including phenoxy) is 2. The Hall–Kier alpha value is -2.00. The summed E-state index contributed by atoms with van der Waals surface area (Å²) in [6.45, 7) is 11.3. The maximum absolute atomic E-state index is 5.93. The van der Waals surface area contributed by atoms with Crippen LogP contribution >= 0.6 is 0 Å². The van der Waals surface area contributed by atoms with Gasteiger partial charge in [0.15, 0.2) is 0 Å². The summed E-state index contributed by atoms with van der Waals surface area (Å²) in [5, 5.41) is 3.32. The van der Waals surface area contributed by atoms with Crippen molar-refractivity contribution in [3.63, 3.8) is 0 Å². The standard InChI is InChI=1S/C20H27NO2/c1-5-21-14-18-7-6-8-19(13-18)22-11-12-23-20-16(3)10-9-15(2)17(20)4/h6-10,13,21H,5,11-12,14H2,1-4H3. The minimum absolute atomic E-state index is 0.539. The van der Waals surface area contributed by atoms with Crippen LogP contribution in [-0.2, 0) is 6.54 Å². The Balaban J connectivity index is 1.85. The van der Waals surface area contributed by atoms with Crippen LogP contribution in [0.3, 0.4) is 0 Å². The molecular weight excluding hydrogens is 286 g/mol. The van der Waals surface area contributed by atoms with Gasteiger partial charge in [-0.25, -0.2) is 0 Å². The lowest BCUT2D eigenvalue weighted by atomic mass is 10.1. The van der Waals surface area contributed by atoms with Crippen molar-refractivity contribution in [1.29, 1.82) is 0 Å². The van der Waals surface area contributed by atoms with Gasteiger partial charge in [-0.15, -0.1) is 0 Å². The summed E-state index contributed by atoms with van der Waals surface area (Å²) < 4.78 is 11.7. The molecule has 3 heteroatoms. The van der Waals surface area contributed by atoms with Gasteiger partial charge in [-0.3, -0.25) is 0 Å². The average Bonchev–Trinajstić information content (AvgIpc) is 2.56. The second-order valence-electron chi connectivity index (χ2n) is 5.78. The van der Waals surface area contributed by atoms with E-state index in [9.17, 15) is 0 Å². The van der Waals surface area contributed by atoms with E-state index in [4.69, 9.17) is 9.47 Å². The summed E-state index contributed by atoms with van der Waals surface area (Å²) in [5.74, 6) is 1.87. The smallest absolute Gasteiger partial charge is 0.125 e. The largest absolute Gasteiger partial charge is 0.490 e. The summed E-state index contributed by atoms with van der Waals surface area (Å²) in [5.41, 5.74) is 4.86. The SMILES string of the molecule is CCNCc1cccc(OCCOc2c(C)ccc(C)c2C)c1. The van der Waals surface area contributed by atoms with Crippen molar-refractivity contribution in [3.05, 3.63) is 58.7 Å². The highest BCUT2D eigenvalue weighted by molar-refractivity contribution is 5.44. The van der Waals surface area contributed by atoms with Gasteiger partial charge >= 0.3 is 0 Å². The van der Waals surface area contributed by atoms with E-state index >= 15 is 0 Å². The lowest BCUT2D eigenvalue weighted by molar-refractivity contribution is 0.215. The minimum Gasteiger partial charge on any atom is -0.490 e. The van der Waals surface area contributed by atoms with Gasteiger partial charge in [0.05, 0.1) is 0 Å². The number of benzene rings is 2. The molecule has 0 aromatic heterocycles.